The lowest BCUT2D eigenvalue weighted by atomic mass is 10.1. The third kappa shape index (κ3) is 2.68. The number of anilines is 3. The van der Waals surface area contributed by atoms with Gasteiger partial charge < -0.3 is 11.5 Å². The van der Waals surface area contributed by atoms with Crippen LogP contribution < -0.4 is 16.4 Å². The van der Waals surface area contributed by atoms with Crippen molar-refractivity contribution in [1.29, 1.82) is 0 Å². The molecule has 0 spiro atoms. The number of rotatable bonds is 2. The molecular weight excluding hydrogens is 238 g/mol. The predicted molar refractivity (Wildman–Crippen MR) is 78.5 cm³/mol. The predicted octanol–water partition coefficient (Wildman–Crippen LogP) is 3.10. The number of amides is 2. The van der Waals surface area contributed by atoms with Gasteiger partial charge in [0, 0.05) is 5.69 Å². The summed E-state index contributed by atoms with van der Waals surface area (Å²) >= 11 is 0. The van der Waals surface area contributed by atoms with E-state index in [1.165, 1.54) is 10.5 Å². The van der Waals surface area contributed by atoms with E-state index in [0.717, 1.165) is 11.3 Å². The molecule has 0 unspecified atom stereocenters. The van der Waals surface area contributed by atoms with Gasteiger partial charge in [0.15, 0.2) is 0 Å². The molecule has 0 saturated heterocycles. The highest BCUT2D eigenvalue weighted by atomic mass is 16.2. The highest BCUT2D eigenvalue weighted by Gasteiger charge is 2.15. The first-order valence-corrected chi connectivity index (χ1v) is 6.01. The highest BCUT2D eigenvalue weighted by molar-refractivity contribution is 5.98. The molecule has 0 aromatic heterocycles. The van der Waals surface area contributed by atoms with Gasteiger partial charge in [0.05, 0.1) is 11.4 Å². The van der Waals surface area contributed by atoms with E-state index in [1.54, 1.807) is 24.3 Å². The summed E-state index contributed by atoms with van der Waals surface area (Å²) < 4.78 is 0. The van der Waals surface area contributed by atoms with Gasteiger partial charge in [-0.05, 0) is 61.4 Å². The Morgan fingerprint density at radius 2 is 1.53 bits per heavy atom. The fourth-order valence-corrected chi connectivity index (χ4v) is 1.89. The van der Waals surface area contributed by atoms with Crippen molar-refractivity contribution in [2.24, 2.45) is 5.73 Å². The zero-order valence-electron chi connectivity index (χ0n) is 11.1. The number of nitrogen functional groups attached to an aromatic ring is 1. The first-order valence-electron chi connectivity index (χ1n) is 6.01. The van der Waals surface area contributed by atoms with E-state index in [0.29, 0.717) is 11.4 Å². The number of nitrogens with zero attached hydrogens (tertiary/aromatic N) is 1. The Labute approximate surface area is 112 Å². The summed E-state index contributed by atoms with van der Waals surface area (Å²) in [5.74, 6) is 0. The van der Waals surface area contributed by atoms with Crippen molar-refractivity contribution in [2.45, 2.75) is 13.8 Å². The SMILES string of the molecule is Cc1ccc(N(C(N)=O)c2ccc(N)cc2)cc1C. The van der Waals surface area contributed by atoms with E-state index in [9.17, 15) is 4.79 Å². The van der Waals surface area contributed by atoms with E-state index >= 15 is 0 Å². The summed E-state index contributed by atoms with van der Waals surface area (Å²) in [6.45, 7) is 4.03. The van der Waals surface area contributed by atoms with Crippen LogP contribution in [0.4, 0.5) is 21.9 Å². The number of urea groups is 1. The van der Waals surface area contributed by atoms with Crippen LogP contribution in [-0.4, -0.2) is 6.03 Å². The van der Waals surface area contributed by atoms with Gasteiger partial charge in [0.2, 0.25) is 0 Å². The summed E-state index contributed by atoms with van der Waals surface area (Å²) in [6.07, 6.45) is 0. The minimum atomic E-state index is -0.520. The van der Waals surface area contributed by atoms with Gasteiger partial charge in [0.25, 0.3) is 0 Å². The number of carbonyl (C=O) groups excluding carboxylic acids is 1. The number of benzene rings is 2. The minimum Gasteiger partial charge on any atom is -0.399 e. The Kier molecular flexibility index (Phi) is 3.42. The number of hydrogen-bond donors (Lipinski definition) is 2. The monoisotopic (exact) mass is 255 g/mol. The lowest BCUT2D eigenvalue weighted by Gasteiger charge is -2.21. The maximum Gasteiger partial charge on any atom is 0.323 e. The third-order valence-corrected chi connectivity index (χ3v) is 3.12. The second-order valence-electron chi connectivity index (χ2n) is 4.53. The summed E-state index contributed by atoms with van der Waals surface area (Å²) in [4.78, 5) is 13.2. The molecule has 0 aliphatic rings. The average molecular weight is 255 g/mol. The summed E-state index contributed by atoms with van der Waals surface area (Å²) in [5, 5.41) is 0. The molecule has 4 nitrogen and oxygen atoms in total. The summed E-state index contributed by atoms with van der Waals surface area (Å²) in [6, 6.07) is 12.3. The number of primary amides is 1. The molecule has 0 heterocycles. The average Bonchev–Trinajstić information content (AvgIpc) is 2.36. The van der Waals surface area contributed by atoms with Crippen molar-refractivity contribution in [1.82, 2.24) is 0 Å². The Morgan fingerprint density at radius 3 is 2.05 bits per heavy atom. The Balaban J connectivity index is 2.48. The van der Waals surface area contributed by atoms with Crippen LogP contribution in [0.3, 0.4) is 0 Å². The lowest BCUT2D eigenvalue weighted by molar-refractivity contribution is 0.256. The molecule has 0 aliphatic heterocycles. The van der Waals surface area contributed by atoms with Crippen LogP contribution in [-0.2, 0) is 0 Å². The Bertz CT molecular complexity index is 605. The van der Waals surface area contributed by atoms with Gasteiger partial charge in [-0.15, -0.1) is 0 Å². The van der Waals surface area contributed by atoms with Crippen molar-refractivity contribution in [3.8, 4) is 0 Å². The number of hydrogen-bond acceptors (Lipinski definition) is 2. The molecule has 0 bridgehead atoms. The van der Waals surface area contributed by atoms with Gasteiger partial charge in [-0.1, -0.05) is 6.07 Å². The molecule has 2 aromatic carbocycles. The molecule has 0 radical (unpaired) electrons. The molecule has 2 amide bonds. The Hall–Kier alpha value is -2.49. The molecule has 19 heavy (non-hydrogen) atoms. The van der Waals surface area contributed by atoms with Gasteiger partial charge in [-0.25, -0.2) is 4.79 Å². The lowest BCUT2D eigenvalue weighted by Crippen LogP contribution is -2.31. The summed E-state index contributed by atoms with van der Waals surface area (Å²) in [5.41, 5.74) is 15.5. The second-order valence-corrected chi connectivity index (χ2v) is 4.53. The highest BCUT2D eigenvalue weighted by Crippen LogP contribution is 2.27. The third-order valence-electron chi connectivity index (χ3n) is 3.12. The van der Waals surface area contributed by atoms with Crippen LogP contribution in [0.1, 0.15) is 11.1 Å². The van der Waals surface area contributed by atoms with Crippen molar-refractivity contribution in [3.05, 3.63) is 53.6 Å². The largest absolute Gasteiger partial charge is 0.399 e. The fourth-order valence-electron chi connectivity index (χ4n) is 1.89. The minimum absolute atomic E-state index is 0.520. The van der Waals surface area contributed by atoms with E-state index < -0.39 is 6.03 Å². The molecular formula is C15H17N3O. The molecule has 2 aromatic rings. The maximum atomic E-state index is 11.7. The van der Waals surface area contributed by atoms with Crippen LogP contribution in [0.25, 0.3) is 0 Å². The van der Waals surface area contributed by atoms with Crippen molar-refractivity contribution in [2.75, 3.05) is 10.6 Å². The number of nitrogens with two attached hydrogens (primary N) is 2. The van der Waals surface area contributed by atoms with Gasteiger partial charge in [0.1, 0.15) is 0 Å². The molecule has 0 atom stereocenters. The fraction of sp³-hybridized carbons (Fsp3) is 0.133. The number of carbonyl (C=O) groups is 1. The standard InChI is InChI=1S/C15H17N3O/c1-10-3-6-14(9-11(10)2)18(15(17)19)13-7-4-12(16)5-8-13/h3-9H,16H2,1-2H3,(H2,17,19). The van der Waals surface area contributed by atoms with E-state index in [4.69, 9.17) is 11.5 Å². The molecule has 4 N–H and O–H groups in total. The quantitative estimate of drug-likeness (QED) is 0.809. The van der Waals surface area contributed by atoms with Crippen LogP contribution in [0.15, 0.2) is 42.5 Å². The molecule has 0 aliphatic carbocycles. The first-order chi connectivity index (χ1) is 8.99. The van der Waals surface area contributed by atoms with Crippen LogP contribution >= 0.6 is 0 Å². The van der Waals surface area contributed by atoms with Crippen molar-refractivity contribution in [3.63, 3.8) is 0 Å². The van der Waals surface area contributed by atoms with Crippen LogP contribution in [0.2, 0.25) is 0 Å². The smallest absolute Gasteiger partial charge is 0.323 e. The van der Waals surface area contributed by atoms with Gasteiger partial charge in [-0.2, -0.15) is 0 Å². The normalized spacial score (nSPS) is 10.2. The van der Waals surface area contributed by atoms with E-state index in [-0.39, 0.29) is 0 Å². The Morgan fingerprint density at radius 1 is 0.947 bits per heavy atom. The molecule has 0 saturated carbocycles. The zero-order valence-corrected chi connectivity index (χ0v) is 11.1. The van der Waals surface area contributed by atoms with Crippen molar-refractivity contribution < 1.29 is 4.79 Å². The second kappa shape index (κ2) is 5.02. The molecule has 2 rings (SSSR count). The van der Waals surface area contributed by atoms with Crippen LogP contribution in [0.5, 0.6) is 0 Å². The topological polar surface area (TPSA) is 72.3 Å². The molecule has 4 heteroatoms. The van der Waals surface area contributed by atoms with E-state index in [1.807, 2.05) is 32.0 Å². The van der Waals surface area contributed by atoms with Gasteiger partial charge >= 0.3 is 6.03 Å². The molecule has 98 valence electrons. The summed E-state index contributed by atoms with van der Waals surface area (Å²) in [7, 11) is 0. The first kappa shape index (κ1) is 13.0. The zero-order chi connectivity index (χ0) is 14.0. The van der Waals surface area contributed by atoms with E-state index in [2.05, 4.69) is 0 Å². The maximum absolute atomic E-state index is 11.7. The number of aryl methyl sites for hydroxylation is 2. The van der Waals surface area contributed by atoms with Crippen molar-refractivity contribution >= 4 is 23.1 Å². The molecule has 0 fully saturated rings. The van der Waals surface area contributed by atoms with Crippen LogP contribution in [0, 0.1) is 13.8 Å². The van der Waals surface area contributed by atoms with Gasteiger partial charge in [-0.3, -0.25) is 4.90 Å².